The van der Waals surface area contributed by atoms with Crippen molar-refractivity contribution in [1.82, 2.24) is 5.32 Å². The molecule has 23 heavy (non-hydrogen) atoms. The summed E-state index contributed by atoms with van der Waals surface area (Å²) in [5, 5.41) is 6.04. The quantitative estimate of drug-likeness (QED) is 0.805. The number of benzene rings is 2. The maximum absolute atomic E-state index is 12.2. The highest BCUT2D eigenvalue weighted by Gasteiger charge is 2.12. The molecule has 0 aliphatic carbocycles. The molecule has 2 rings (SSSR count). The Labute approximate surface area is 136 Å². The van der Waals surface area contributed by atoms with Gasteiger partial charge >= 0.3 is 0 Å². The van der Waals surface area contributed by atoms with Gasteiger partial charge in [-0.05, 0) is 50.6 Å². The van der Waals surface area contributed by atoms with Crippen LogP contribution in [0.3, 0.4) is 0 Å². The zero-order valence-corrected chi connectivity index (χ0v) is 13.7. The molecular weight excluding hydrogens is 288 g/mol. The predicted molar refractivity (Wildman–Crippen MR) is 92.6 cm³/mol. The topological polar surface area (TPSA) is 58.2 Å². The normalized spacial score (nSPS) is 11.8. The van der Waals surface area contributed by atoms with Crippen LogP contribution in [0.15, 0.2) is 48.5 Å². The van der Waals surface area contributed by atoms with Crippen LogP contribution in [0.1, 0.15) is 35.3 Å². The second kappa shape index (κ2) is 7.70. The number of rotatable bonds is 6. The molecule has 120 valence electrons. The van der Waals surface area contributed by atoms with E-state index in [4.69, 9.17) is 0 Å². The molecule has 4 nitrogen and oxygen atoms in total. The Morgan fingerprint density at radius 2 is 1.61 bits per heavy atom. The van der Waals surface area contributed by atoms with Gasteiger partial charge in [-0.3, -0.25) is 9.59 Å². The third kappa shape index (κ3) is 5.04. The van der Waals surface area contributed by atoms with Crippen molar-refractivity contribution in [3.8, 4) is 0 Å². The molecule has 1 atom stereocenters. The summed E-state index contributed by atoms with van der Waals surface area (Å²) in [6, 6.07) is 14.8. The number of aryl methyl sites for hydroxylation is 1. The molecule has 0 aliphatic heterocycles. The van der Waals surface area contributed by atoms with Crippen molar-refractivity contribution in [2.24, 2.45) is 0 Å². The van der Waals surface area contributed by atoms with Crippen molar-refractivity contribution in [3.63, 3.8) is 0 Å². The lowest BCUT2D eigenvalue weighted by Gasteiger charge is -2.14. The molecule has 2 aromatic rings. The number of Topliss-reactive ketones (excluding diaryl/α,β-unsaturated/α-hetero) is 1. The number of nitrogens with one attached hydrogen (secondary N) is 2. The first-order valence-corrected chi connectivity index (χ1v) is 7.66. The standard InChI is InChI=1S/C19H22N2O2/c1-13-4-6-16(7-5-13)12-20-14(2)19(23)21-18-10-8-17(9-11-18)15(3)22/h4-11,14,20H,12H2,1-3H3,(H,21,23)/t14-/m1/s1. The second-order valence-electron chi connectivity index (χ2n) is 5.71. The minimum atomic E-state index is -0.316. The van der Waals surface area contributed by atoms with Crippen molar-refractivity contribution < 1.29 is 9.59 Å². The van der Waals surface area contributed by atoms with Gasteiger partial charge in [-0.15, -0.1) is 0 Å². The van der Waals surface area contributed by atoms with E-state index in [2.05, 4.69) is 22.8 Å². The summed E-state index contributed by atoms with van der Waals surface area (Å²) >= 11 is 0. The molecule has 0 heterocycles. The Morgan fingerprint density at radius 3 is 2.17 bits per heavy atom. The fourth-order valence-corrected chi connectivity index (χ4v) is 2.11. The summed E-state index contributed by atoms with van der Waals surface area (Å²) in [6.45, 7) is 6.03. The van der Waals surface area contributed by atoms with Gasteiger partial charge in [-0.1, -0.05) is 29.8 Å². The van der Waals surface area contributed by atoms with Gasteiger partial charge in [0.05, 0.1) is 6.04 Å². The maximum Gasteiger partial charge on any atom is 0.241 e. The smallest absolute Gasteiger partial charge is 0.241 e. The highest BCUT2D eigenvalue weighted by Crippen LogP contribution is 2.10. The average molecular weight is 310 g/mol. The van der Waals surface area contributed by atoms with E-state index in [1.165, 1.54) is 12.5 Å². The fourth-order valence-electron chi connectivity index (χ4n) is 2.11. The monoisotopic (exact) mass is 310 g/mol. The average Bonchev–Trinajstić information content (AvgIpc) is 2.54. The third-order valence-corrected chi connectivity index (χ3v) is 3.69. The number of hydrogen-bond acceptors (Lipinski definition) is 3. The molecule has 0 spiro atoms. The summed E-state index contributed by atoms with van der Waals surface area (Å²) in [6.07, 6.45) is 0. The number of amides is 1. The summed E-state index contributed by atoms with van der Waals surface area (Å²) in [5.74, 6) is -0.0938. The Morgan fingerprint density at radius 1 is 1.00 bits per heavy atom. The number of anilines is 1. The van der Waals surface area contributed by atoms with Crippen molar-refractivity contribution >= 4 is 17.4 Å². The van der Waals surface area contributed by atoms with Crippen LogP contribution in [0.5, 0.6) is 0 Å². The number of hydrogen-bond donors (Lipinski definition) is 2. The van der Waals surface area contributed by atoms with Gasteiger partial charge < -0.3 is 10.6 Å². The minimum Gasteiger partial charge on any atom is -0.325 e. The van der Waals surface area contributed by atoms with Gasteiger partial charge in [0.1, 0.15) is 0 Å². The van der Waals surface area contributed by atoms with Crippen LogP contribution in [0.25, 0.3) is 0 Å². The van der Waals surface area contributed by atoms with E-state index in [1.807, 2.05) is 26.0 Å². The molecule has 0 fully saturated rings. The lowest BCUT2D eigenvalue weighted by atomic mass is 10.1. The van der Waals surface area contributed by atoms with Crippen LogP contribution in [0.2, 0.25) is 0 Å². The van der Waals surface area contributed by atoms with Gasteiger partial charge in [0.2, 0.25) is 5.91 Å². The molecule has 2 aromatic carbocycles. The Balaban J connectivity index is 1.86. The lowest BCUT2D eigenvalue weighted by molar-refractivity contribution is -0.117. The van der Waals surface area contributed by atoms with Gasteiger partial charge in [-0.25, -0.2) is 0 Å². The zero-order chi connectivity index (χ0) is 16.8. The van der Waals surface area contributed by atoms with Gasteiger partial charge in [-0.2, -0.15) is 0 Å². The molecular formula is C19H22N2O2. The van der Waals surface area contributed by atoms with Crippen LogP contribution >= 0.6 is 0 Å². The molecule has 0 aliphatic rings. The van der Waals surface area contributed by atoms with Crippen LogP contribution in [0, 0.1) is 6.92 Å². The van der Waals surface area contributed by atoms with Crippen molar-refractivity contribution in [3.05, 3.63) is 65.2 Å². The van der Waals surface area contributed by atoms with E-state index in [9.17, 15) is 9.59 Å². The van der Waals surface area contributed by atoms with Gasteiger partial charge in [0.15, 0.2) is 5.78 Å². The SMILES string of the molecule is CC(=O)c1ccc(NC(=O)[C@@H](C)NCc2ccc(C)cc2)cc1. The van der Waals surface area contributed by atoms with Crippen molar-refractivity contribution in [2.75, 3.05) is 5.32 Å². The third-order valence-electron chi connectivity index (χ3n) is 3.69. The van der Waals surface area contributed by atoms with E-state index < -0.39 is 0 Å². The Bertz CT molecular complexity index is 676. The predicted octanol–water partition coefficient (Wildman–Crippen LogP) is 3.31. The van der Waals surface area contributed by atoms with Gasteiger partial charge in [0, 0.05) is 17.8 Å². The highest BCUT2D eigenvalue weighted by molar-refractivity contribution is 5.96. The number of carbonyl (C=O) groups excluding carboxylic acids is 2. The Kier molecular flexibility index (Phi) is 5.66. The van der Waals surface area contributed by atoms with Gasteiger partial charge in [0.25, 0.3) is 0 Å². The molecule has 1 amide bonds. The van der Waals surface area contributed by atoms with E-state index in [-0.39, 0.29) is 17.7 Å². The van der Waals surface area contributed by atoms with E-state index in [0.29, 0.717) is 17.8 Å². The highest BCUT2D eigenvalue weighted by atomic mass is 16.2. The fraction of sp³-hybridized carbons (Fsp3) is 0.263. The molecule has 0 aromatic heterocycles. The Hall–Kier alpha value is -2.46. The first kappa shape index (κ1) is 16.9. The zero-order valence-electron chi connectivity index (χ0n) is 13.7. The number of carbonyl (C=O) groups is 2. The second-order valence-corrected chi connectivity index (χ2v) is 5.71. The molecule has 0 bridgehead atoms. The van der Waals surface area contributed by atoms with Crippen LogP contribution in [0.4, 0.5) is 5.69 Å². The largest absolute Gasteiger partial charge is 0.325 e. The summed E-state index contributed by atoms with van der Waals surface area (Å²) in [4.78, 5) is 23.4. The summed E-state index contributed by atoms with van der Waals surface area (Å²) in [7, 11) is 0. The minimum absolute atomic E-state index is 0.0102. The molecule has 4 heteroatoms. The first-order chi connectivity index (χ1) is 11.0. The van der Waals surface area contributed by atoms with Crippen LogP contribution < -0.4 is 10.6 Å². The first-order valence-electron chi connectivity index (χ1n) is 7.66. The molecule has 2 N–H and O–H groups in total. The van der Waals surface area contributed by atoms with Crippen molar-refractivity contribution in [1.29, 1.82) is 0 Å². The lowest BCUT2D eigenvalue weighted by Crippen LogP contribution is -2.37. The maximum atomic E-state index is 12.2. The molecule has 0 saturated carbocycles. The molecule has 0 radical (unpaired) electrons. The van der Waals surface area contributed by atoms with Crippen LogP contribution in [-0.2, 0) is 11.3 Å². The van der Waals surface area contributed by atoms with E-state index >= 15 is 0 Å². The van der Waals surface area contributed by atoms with E-state index in [1.54, 1.807) is 24.3 Å². The molecule has 0 unspecified atom stereocenters. The summed E-state index contributed by atoms with van der Waals surface area (Å²) < 4.78 is 0. The molecule has 0 saturated heterocycles. The van der Waals surface area contributed by atoms with Crippen molar-refractivity contribution in [2.45, 2.75) is 33.4 Å². The van der Waals surface area contributed by atoms with E-state index in [0.717, 1.165) is 5.56 Å². The van der Waals surface area contributed by atoms with Crippen LogP contribution in [-0.4, -0.2) is 17.7 Å². The number of ketones is 1. The summed E-state index contributed by atoms with van der Waals surface area (Å²) in [5.41, 5.74) is 3.67.